The Bertz CT molecular complexity index is 540. The number of benzene rings is 1. The van der Waals surface area contributed by atoms with E-state index in [0.29, 0.717) is 17.7 Å². The van der Waals surface area contributed by atoms with Crippen molar-refractivity contribution in [2.75, 3.05) is 17.2 Å². The van der Waals surface area contributed by atoms with Crippen molar-refractivity contribution < 1.29 is 13.2 Å². The molecule has 0 aliphatic rings. The lowest BCUT2D eigenvalue weighted by Crippen LogP contribution is -2.15. The van der Waals surface area contributed by atoms with Crippen LogP contribution in [0.3, 0.4) is 0 Å². The molecule has 0 aliphatic carbocycles. The maximum atomic E-state index is 11.9. The van der Waals surface area contributed by atoms with Gasteiger partial charge in [-0.1, -0.05) is 22.9 Å². The number of rotatable bonds is 6. The topological polar surface area (TPSA) is 77.2 Å². The fourth-order valence-electron chi connectivity index (χ4n) is 1.58. The van der Waals surface area contributed by atoms with E-state index in [1.165, 1.54) is 0 Å². The molecule has 0 spiro atoms. The maximum absolute atomic E-state index is 11.9. The van der Waals surface area contributed by atoms with Gasteiger partial charge in [0.1, 0.15) is 0 Å². The third kappa shape index (κ3) is 4.42. The molecule has 0 unspecified atom stereocenters. The van der Waals surface area contributed by atoms with Gasteiger partial charge in [-0.05, 0) is 24.6 Å². The molecule has 0 saturated carbocycles. The minimum atomic E-state index is -3.13. The Morgan fingerprint density at radius 3 is 2.56 bits per heavy atom. The summed E-state index contributed by atoms with van der Waals surface area (Å²) in [5.74, 6) is -0.231. The van der Waals surface area contributed by atoms with Crippen LogP contribution in [0.1, 0.15) is 30.1 Å². The van der Waals surface area contributed by atoms with Gasteiger partial charge in [0.2, 0.25) is 0 Å². The zero-order valence-corrected chi connectivity index (χ0v) is 12.6. The molecule has 0 aliphatic heterocycles. The van der Waals surface area contributed by atoms with Gasteiger partial charge in [0, 0.05) is 27.9 Å². The van der Waals surface area contributed by atoms with E-state index in [1.54, 1.807) is 25.1 Å². The molecule has 0 atom stereocenters. The monoisotopic (exact) mass is 333 g/mol. The number of sulfone groups is 1. The summed E-state index contributed by atoms with van der Waals surface area (Å²) in [6.07, 6.45) is 0.547. The van der Waals surface area contributed by atoms with E-state index in [2.05, 4.69) is 15.9 Å². The SMILES string of the molecule is CCCS(=O)(=O)CCC(=O)c1ccc(Br)cc1N. The van der Waals surface area contributed by atoms with Crippen LogP contribution in [-0.4, -0.2) is 25.7 Å². The van der Waals surface area contributed by atoms with Gasteiger partial charge < -0.3 is 5.73 Å². The minimum absolute atomic E-state index is 0.0197. The highest BCUT2D eigenvalue weighted by atomic mass is 79.9. The number of Topliss-reactive ketones (excluding diaryl/α,β-unsaturated/α-hetero) is 1. The summed E-state index contributed by atoms with van der Waals surface area (Å²) in [5.41, 5.74) is 6.46. The summed E-state index contributed by atoms with van der Waals surface area (Å²) >= 11 is 3.25. The second-order valence-corrected chi connectivity index (χ2v) is 7.28. The third-order valence-electron chi connectivity index (χ3n) is 2.47. The number of anilines is 1. The first-order chi connectivity index (χ1) is 8.35. The van der Waals surface area contributed by atoms with Crippen molar-refractivity contribution in [3.63, 3.8) is 0 Å². The van der Waals surface area contributed by atoms with Gasteiger partial charge in [0.25, 0.3) is 0 Å². The van der Waals surface area contributed by atoms with Gasteiger partial charge in [0.15, 0.2) is 15.6 Å². The van der Waals surface area contributed by atoms with E-state index in [0.717, 1.165) is 4.47 Å². The number of carbonyl (C=O) groups is 1. The van der Waals surface area contributed by atoms with Crippen molar-refractivity contribution in [2.24, 2.45) is 0 Å². The van der Waals surface area contributed by atoms with Gasteiger partial charge in [0.05, 0.1) is 5.75 Å². The lowest BCUT2D eigenvalue weighted by Gasteiger charge is -2.06. The molecule has 1 aromatic rings. The van der Waals surface area contributed by atoms with Gasteiger partial charge >= 0.3 is 0 Å². The fraction of sp³-hybridized carbons (Fsp3) is 0.417. The molecular weight excluding hydrogens is 318 g/mol. The third-order valence-corrected chi connectivity index (χ3v) is 4.82. The van der Waals surface area contributed by atoms with Crippen molar-refractivity contribution in [1.82, 2.24) is 0 Å². The molecule has 4 nitrogen and oxygen atoms in total. The number of nitrogens with two attached hydrogens (primary N) is 1. The van der Waals surface area contributed by atoms with Crippen molar-refractivity contribution in [1.29, 1.82) is 0 Å². The number of hydrogen-bond donors (Lipinski definition) is 1. The zero-order chi connectivity index (χ0) is 13.8. The summed E-state index contributed by atoms with van der Waals surface area (Å²) in [6, 6.07) is 4.95. The van der Waals surface area contributed by atoms with Gasteiger partial charge in [-0.15, -0.1) is 0 Å². The Morgan fingerprint density at radius 2 is 2.00 bits per heavy atom. The molecule has 1 aromatic carbocycles. The lowest BCUT2D eigenvalue weighted by molar-refractivity contribution is 0.0989. The molecule has 0 amide bonds. The summed E-state index contributed by atoms with van der Waals surface area (Å²) in [6.45, 7) is 1.80. The summed E-state index contributed by atoms with van der Waals surface area (Å²) in [4.78, 5) is 11.9. The smallest absolute Gasteiger partial charge is 0.165 e. The van der Waals surface area contributed by atoms with Crippen LogP contribution >= 0.6 is 15.9 Å². The van der Waals surface area contributed by atoms with Crippen LogP contribution in [0.15, 0.2) is 22.7 Å². The first-order valence-corrected chi connectivity index (χ1v) is 8.26. The number of carbonyl (C=O) groups excluding carboxylic acids is 1. The first-order valence-electron chi connectivity index (χ1n) is 5.64. The quantitative estimate of drug-likeness (QED) is 0.640. The number of halogens is 1. The van der Waals surface area contributed by atoms with Crippen LogP contribution in [0.5, 0.6) is 0 Å². The molecule has 0 bridgehead atoms. The molecule has 1 rings (SSSR count). The van der Waals surface area contributed by atoms with Crippen LogP contribution in [0, 0.1) is 0 Å². The highest BCUT2D eigenvalue weighted by molar-refractivity contribution is 9.10. The highest BCUT2D eigenvalue weighted by Gasteiger charge is 2.15. The predicted octanol–water partition coefficient (Wildman–Crippen LogP) is 2.43. The second-order valence-electron chi connectivity index (χ2n) is 4.06. The molecule has 0 fully saturated rings. The molecule has 18 heavy (non-hydrogen) atoms. The van der Waals surface area contributed by atoms with Crippen LogP contribution in [0.2, 0.25) is 0 Å². The maximum Gasteiger partial charge on any atom is 0.165 e. The predicted molar refractivity (Wildman–Crippen MR) is 76.4 cm³/mol. The summed E-state index contributed by atoms with van der Waals surface area (Å²) < 4.78 is 23.8. The van der Waals surface area contributed by atoms with Crippen LogP contribution in [0.25, 0.3) is 0 Å². The normalized spacial score (nSPS) is 11.4. The molecule has 0 aromatic heterocycles. The van der Waals surface area contributed by atoms with E-state index >= 15 is 0 Å². The molecule has 0 saturated heterocycles. The number of ketones is 1. The van der Waals surface area contributed by atoms with E-state index in [-0.39, 0.29) is 23.7 Å². The van der Waals surface area contributed by atoms with Gasteiger partial charge in [-0.3, -0.25) is 4.79 Å². The molecule has 2 N–H and O–H groups in total. The molecule has 6 heteroatoms. The van der Waals surface area contributed by atoms with Crippen molar-refractivity contribution in [3.8, 4) is 0 Å². The van der Waals surface area contributed by atoms with Crippen molar-refractivity contribution in [2.45, 2.75) is 19.8 Å². The van der Waals surface area contributed by atoms with Gasteiger partial charge in [-0.2, -0.15) is 0 Å². The van der Waals surface area contributed by atoms with E-state index in [4.69, 9.17) is 5.73 Å². The van der Waals surface area contributed by atoms with Crippen molar-refractivity contribution >= 4 is 37.2 Å². The van der Waals surface area contributed by atoms with Crippen molar-refractivity contribution in [3.05, 3.63) is 28.2 Å². The Balaban J connectivity index is 2.72. The van der Waals surface area contributed by atoms with Crippen LogP contribution in [0.4, 0.5) is 5.69 Å². The largest absolute Gasteiger partial charge is 0.398 e. The average molecular weight is 334 g/mol. The Morgan fingerprint density at radius 1 is 1.33 bits per heavy atom. The zero-order valence-electron chi connectivity index (χ0n) is 10.1. The highest BCUT2D eigenvalue weighted by Crippen LogP contribution is 2.20. The lowest BCUT2D eigenvalue weighted by atomic mass is 10.1. The molecule has 100 valence electrons. The van der Waals surface area contributed by atoms with Gasteiger partial charge in [-0.25, -0.2) is 8.42 Å². The summed E-state index contributed by atoms with van der Waals surface area (Å²) in [5, 5.41) is 0. The number of nitrogen functional groups attached to an aromatic ring is 1. The Kier molecular flexibility index (Phi) is 5.34. The van der Waals surface area contributed by atoms with Crippen LogP contribution in [-0.2, 0) is 9.84 Å². The van der Waals surface area contributed by atoms with E-state index < -0.39 is 9.84 Å². The van der Waals surface area contributed by atoms with E-state index in [9.17, 15) is 13.2 Å². The molecule has 0 radical (unpaired) electrons. The molecule has 0 heterocycles. The van der Waals surface area contributed by atoms with Crippen LogP contribution < -0.4 is 5.73 Å². The summed E-state index contributed by atoms with van der Waals surface area (Å²) in [7, 11) is -3.13. The minimum Gasteiger partial charge on any atom is -0.398 e. The fourth-order valence-corrected chi connectivity index (χ4v) is 3.28. The Labute approximate surface area is 116 Å². The number of hydrogen-bond acceptors (Lipinski definition) is 4. The second kappa shape index (κ2) is 6.33. The standard InChI is InChI=1S/C12H16BrNO3S/c1-2-6-18(16,17)7-5-12(15)10-4-3-9(13)8-11(10)14/h3-4,8H,2,5-7,14H2,1H3. The molecular formula is C12H16BrNO3S. The van der Waals surface area contributed by atoms with E-state index in [1.807, 2.05) is 0 Å². The first kappa shape index (κ1) is 15.2. The average Bonchev–Trinajstić information content (AvgIpc) is 2.26. The Hall–Kier alpha value is -0.880.